The maximum Gasteiger partial charge on any atom is 0.223 e. The molecule has 2 aromatic heterocycles. The average Bonchev–Trinajstić information content (AvgIpc) is 2.64. The number of hydrogen-bond acceptors (Lipinski definition) is 5. The molecule has 7 heteroatoms. The zero-order valence-electron chi connectivity index (χ0n) is 14.4. The maximum atomic E-state index is 12.3. The molecule has 0 unspecified atom stereocenters. The number of rotatable bonds is 6. The molecule has 134 valence electrons. The Morgan fingerprint density at radius 2 is 2.20 bits per heavy atom. The zero-order chi connectivity index (χ0) is 17.6. The molecule has 25 heavy (non-hydrogen) atoms. The number of methoxy groups -OCH3 is 1. The van der Waals surface area contributed by atoms with Gasteiger partial charge in [-0.3, -0.25) is 14.8 Å². The van der Waals surface area contributed by atoms with Crippen LogP contribution in [0.1, 0.15) is 19.3 Å². The summed E-state index contributed by atoms with van der Waals surface area (Å²) in [4.78, 5) is 23.5. The highest BCUT2D eigenvalue weighted by Gasteiger charge is 2.25. The fourth-order valence-electron chi connectivity index (χ4n) is 3.20. The first-order valence-electron chi connectivity index (χ1n) is 8.61. The van der Waals surface area contributed by atoms with E-state index in [1.165, 1.54) is 0 Å². The van der Waals surface area contributed by atoms with Gasteiger partial charge in [-0.05, 0) is 47.3 Å². The van der Waals surface area contributed by atoms with E-state index < -0.39 is 0 Å². The molecule has 1 N–H and O–H groups in total. The molecule has 1 aliphatic heterocycles. The number of nitrogens with one attached hydrogen (secondary N) is 1. The molecule has 3 heterocycles. The molecule has 3 rings (SSSR count). The summed E-state index contributed by atoms with van der Waals surface area (Å²) in [6, 6.07) is 3.99. The van der Waals surface area contributed by atoms with Crippen molar-refractivity contribution < 1.29 is 9.53 Å². The van der Waals surface area contributed by atoms with Crippen LogP contribution < -0.4 is 10.2 Å². The molecule has 0 atom stereocenters. The summed E-state index contributed by atoms with van der Waals surface area (Å²) in [7, 11) is 1.67. The van der Waals surface area contributed by atoms with Crippen molar-refractivity contribution in [1.82, 2.24) is 15.3 Å². The van der Waals surface area contributed by atoms with Crippen LogP contribution in [-0.2, 0) is 9.53 Å². The van der Waals surface area contributed by atoms with Crippen LogP contribution in [0.3, 0.4) is 0 Å². The normalized spacial score (nSPS) is 15.5. The number of pyridine rings is 2. The third-order valence-electron chi connectivity index (χ3n) is 4.55. The van der Waals surface area contributed by atoms with Crippen molar-refractivity contribution in [2.45, 2.75) is 19.3 Å². The summed E-state index contributed by atoms with van der Waals surface area (Å²) in [5, 5.41) is 3.01. The van der Waals surface area contributed by atoms with Crippen molar-refractivity contribution in [2.75, 3.05) is 38.3 Å². The SMILES string of the molecule is COCCCNC(=O)C1CCN(c2ccnc3cc(Br)cnc23)CC1. The number of ether oxygens (including phenoxy) is 1. The lowest BCUT2D eigenvalue weighted by atomic mass is 9.95. The van der Waals surface area contributed by atoms with Gasteiger partial charge in [0, 0.05) is 56.1 Å². The zero-order valence-corrected chi connectivity index (χ0v) is 16.0. The highest BCUT2D eigenvalue weighted by atomic mass is 79.9. The first kappa shape index (κ1) is 18.1. The van der Waals surface area contributed by atoms with Crippen LogP contribution >= 0.6 is 15.9 Å². The summed E-state index contributed by atoms with van der Waals surface area (Å²) >= 11 is 3.44. The van der Waals surface area contributed by atoms with Gasteiger partial charge in [-0.2, -0.15) is 0 Å². The summed E-state index contributed by atoms with van der Waals surface area (Å²) < 4.78 is 5.93. The summed E-state index contributed by atoms with van der Waals surface area (Å²) in [6.07, 6.45) is 6.19. The van der Waals surface area contributed by atoms with Crippen molar-refractivity contribution in [3.8, 4) is 0 Å². The van der Waals surface area contributed by atoms with Crippen LogP contribution in [-0.4, -0.2) is 49.2 Å². The molecule has 0 radical (unpaired) electrons. The molecule has 0 bridgehead atoms. The van der Waals surface area contributed by atoms with Gasteiger partial charge in [-0.15, -0.1) is 0 Å². The number of anilines is 1. The lowest BCUT2D eigenvalue weighted by Crippen LogP contribution is -2.41. The largest absolute Gasteiger partial charge is 0.385 e. The van der Waals surface area contributed by atoms with E-state index in [0.29, 0.717) is 13.2 Å². The molecular weight excluding hydrogens is 384 g/mol. The van der Waals surface area contributed by atoms with Gasteiger partial charge in [0.1, 0.15) is 5.52 Å². The Bertz CT molecular complexity index is 732. The van der Waals surface area contributed by atoms with Crippen LogP contribution in [0.4, 0.5) is 5.69 Å². The minimum absolute atomic E-state index is 0.0917. The first-order chi connectivity index (χ1) is 12.2. The molecule has 2 aromatic rings. The Kier molecular flexibility index (Phi) is 6.20. The van der Waals surface area contributed by atoms with Crippen molar-refractivity contribution in [2.24, 2.45) is 5.92 Å². The molecule has 0 saturated carbocycles. The lowest BCUT2D eigenvalue weighted by Gasteiger charge is -2.33. The second kappa shape index (κ2) is 8.58. The molecule has 0 spiro atoms. The van der Waals surface area contributed by atoms with E-state index in [2.05, 4.69) is 36.1 Å². The number of carbonyl (C=O) groups excluding carboxylic acids is 1. The molecule has 1 amide bonds. The van der Waals surface area contributed by atoms with Crippen LogP contribution in [0.5, 0.6) is 0 Å². The summed E-state index contributed by atoms with van der Waals surface area (Å²) in [6.45, 7) is 3.07. The van der Waals surface area contributed by atoms with E-state index in [4.69, 9.17) is 4.74 Å². The lowest BCUT2D eigenvalue weighted by molar-refractivity contribution is -0.125. The Hall–Kier alpha value is -1.73. The number of hydrogen-bond donors (Lipinski definition) is 1. The standard InChI is InChI=1S/C18H23BrN4O2/c1-25-10-2-6-21-18(24)13-4-8-23(9-5-13)16-3-7-20-15-11-14(19)12-22-17(15)16/h3,7,11-13H,2,4-6,8-10H2,1H3,(H,21,24). The van der Waals surface area contributed by atoms with Crippen molar-refractivity contribution in [3.05, 3.63) is 29.0 Å². The Balaban J connectivity index is 1.60. The maximum absolute atomic E-state index is 12.3. The van der Waals surface area contributed by atoms with Crippen LogP contribution in [0.25, 0.3) is 11.0 Å². The second-order valence-electron chi connectivity index (χ2n) is 6.25. The van der Waals surface area contributed by atoms with Gasteiger partial charge in [-0.1, -0.05) is 0 Å². The highest BCUT2D eigenvalue weighted by Crippen LogP contribution is 2.29. The van der Waals surface area contributed by atoms with Gasteiger partial charge in [-0.25, -0.2) is 0 Å². The number of aromatic nitrogens is 2. The highest BCUT2D eigenvalue weighted by molar-refractivity contribution is 9.10. The molecule has 1 fully saturated rings. The minimum atomic E-state index is 0.0917. The predicted octanol–water partition coefficient (Wildman–Crippen LogP) is 2.76. The topological polar surface area (TPSA) is 67.3 Å². The number of carbonyl (C=O) groups is 1. The van der Waals surface area contributed by atoms with Gasteiger partial charge >= 0.3 is 0 Å². The van der Waals surface area contributed by atoms with Gasteiger partial charge in [0.25, 0.3) is 0 Å². The Labute approximate surface area is 156 Å². The number of piperidine rings is 1. The van der Waals surface area contributed by atoms with Crippen molar-refractivity contribution in [3.63, 3.8) is 0 Å². The average molecular weight is 407 g/mol. The minimum Gasteiger partial charge on any atom is -0.385 e. The third-order valence-corrected chi connectivity index (χ3v) is 4.99. The first-order valence-corrected chi connectivity index (χ1v) is 9.40. The predicted molar refractivity (Wildman–Crippen MR) is 102 cm³/mol. The molecule has 0 aliphatic carbocycles. The van der Waals surface area contributed by atoms with Crippen LogP contribution in [0, 0.1) is 5.92 Å². The number of halogens is 1. The van der Waals surface area contributed by atoms with Gasteiger partial charge in [0.15, 0.2) is 0 Å². The molecule has 1 saturated heterocycles. The molecule has 0 aromatic carbocycles. The van der Waals surface area contributed by atoms with E-state index in [9.17, 15) is 4.79 Å². The van der Waals surface area contributed by atoms with E-state index in [1.54, 1.807) is 13.3 Å². The number of fused-ring (bicyclic) bond motifs is 1. The summed E-state index contributed by atoms with van der Waals surface area (Å²) in [5.41, 5.74) is 2.88. The monoisotopic (exact) mass is 406 g/mol. The number of amides is 1. The van der Waals surface area contributed by atoms with Crippen molar-refractivity contribution >= 4 is 38.6 Å². The van der Waals surface area contributed by atoms with Crippen LogP contribution in [0.2, 0.25) is 0 Å². The molecular formula is C18H23BrN4O2. The van der Waals surface area contributed by atoms with E-state index in [-0.39, 0.29) is 11.8 Å². The van der Waals surface area contributed by atoms with E-state index in [1.807, 2.05) is 18.3 Å². The fraction of sp³-hybridized carbons (Fsp3) is 0.500. The van der Waals surface area contributed by atoms with Crippen LogP contribution in [0.15, 0.2) is 29.0 Å². The fourth-order valence-corrected chi connectivity index (χ4v) is 3.52. The van der Waals surface area contributed by atoms with Gasteiger partial charge in [0.05, 0.1) is 11.2 Å². The van der Waals surface area contributed by atoms with E-state index in [0.717, 1.165) is 53.5 Å². The molecule has 1 aliphatic rings. The van der Waals surface area contributed by atoms with Crippen molar-refractivity contribution in [1.29, 1.82) is 0 Å². The Morgan fingerprint density at radius 3 is 2.96 bits per heavy atom. The Morgan fingerprint density at radius 1 is 1.40 bits per heavy atom. The summed E-state index contributed by atoms with van der Waals surface area (Å²) in [5.74, 6) is 0.256. The van der Waals surface area contributed by atoms with Gasteiger partial charge < -0.3 is 15.0 Å². The number of nitrogens with zero attached hydrogens (tertiary/aromatic N) is 3. The second-order valence-corrected chi connectivity index (χ2v) is 7.17. The molecule has 6 nitrogen and oxygen atoms in total. The van der Waals surface area contributed by atoms with E-state index >= 15 is 0 Å². The van der Waals surface area contributed by atoms with Gasteiger partial charge in [0.2, 0.25) is 5.91 Å². The quantitative estimate of drug-likeness (QED) is 0.746. The smallest absolute Gasteiger partial charge is 0.223 e. The third kappa shape index (κ3) is 4.46.